The summed E-state index contributed by atoms with van der Waals surface area (Å²) in [5.41, 5.74) is 0.836. The van der Waals surface area contributed by atoms with Gasteiger partial charge in [-0.1, -0.05) is 12.1 Å². The molecule has 0 heterocycles. The van der Waals surface area contributed by atoms with Crippen LogP contribution >= 0.6 is 0 Å². The molecule has 0 aliphatic carbocycles. The molecule has 0 spiro atoms. The van der Waals surface area contributed by atoms with Gasteiger partial charge in [0.25, 0.3) is 0 Å². The number of hydrogen-bond acceptors (Lipinski definition) is 6. The van der Waals surface area contributed by atoms with Crippen LogP contribution in [0.5, 0.6) is 5.75 Å². The summed E-state index contributed by atoms with van der Waals surface area (Å²) in [7, 11) is 1.59. The largest absolute Gasteiger partial charge is 0.497 e. The van der Waals surface area contributed by atoms with Crippen molar-refractivity contribution in [2.24, 2.45) is 0 Å². The predicted octanol–water partition coefficient (Wildman–Crippen LogP) is 0.0583. The number of carbonyl (C=O) groups is 1. The quantitative estimate of drug-likeness (QED) is 0.475. The zero-order chi connectivity index (χ0) is 17.5. The molecule has 23 heavy (non-hydrogen) atoms. The normalized spacial score (nSPS) is 10.5. The van der Waals surface area contributed by atoms with Crippen molar-refractivity contribution in [1.82, 2.24) is 4.90 Å². The first-order chi connectivity index (χ1) is 11.1. The smallest absolute Gasteiger partial charge is 0.328 e. The molecule has 0 amide bonds. The van der Waals surface area contributed by atoms with Crippen molar-refractivity contribution < 1.29 is 30.0 Å². The van der Waals surface area contributed by atoms with Gasteiger partial charge in [0, 0.05) is 25.7 Å². The lowest BCUT2D eigenvalue weighted by molar-refractivity contribution is -0.131. The van der Waals surface area contributed by atoms with Gasteiger partial charge in [0.15, 0.2) is 0 Å². The highest BCUT2D eigenvalue weighted by Crippen LogP contribution is 2.11. The van der Waals surface area contributed by atoms with Crippen LogP contribution in [-0.2, 0) is 4.79 Å². The van der Waals surface area contributed by atoms with Gasteiger partial charge >= 0.3 is 5.97 Å². The van der Waals surface area contributed by atoms with Crippen molar-refractivity contribution >= 4 is 12.0 Å². The summed E-state index contributed by atoms with van der Waals surface area (Å²) in [6.45, 7) is 1.75. The molecule has 0 atom stereocenters. The summed E-state index contributed by atoms with van der Waals surface area (Å²) in [6, 6.07) is 7.14. The Kier molecular flexibility index (Phi) is 12.6. The molecule has 0 saturated heterocycles. The molecule has 7 nitrogen and oxygen atoms in total. The Hall–Kier alpha value is -1.93. The van der Waals surface area contributed by atoms with Crippen LogP contribution in [0.1, 0.15) is 5.56 Å². The van der Waals surface area contributed by atoms with E-state index in [9.17, 15) is 4.79 Å². The van der Waals surface area contributed by atoms with Gasteiger partial charge in [-0.2, -0.15) is 0 Å². The topological polar surface area (TPSA) is 110 Å². The minimum Gasteiger partial charge on any atom is -0.497 e. The molecule has 0 aromatic heterocycles. The molecule has 1 aromatic carbocycles. The third-order valence-corrected chi connectivity index (χ3v) is 2.78. The standard InChI is InChI=1S/C10H10O3.C6H15NO3/c1-13-9-5-2-8(3-6-9)4-7-10(11)12;8-4-1-7(2-5-9)3-6-10/h2-7H,1H3,(H,11,12);8-10H,1-6H2. The van der Waals surface area contributed by atoms with Crippen molar-refractivity contribution in [1.29, 1.82) is 0 Å². The Labute approximate surface area is 136 Å². The second kappa shape index (κ2) is 13.7. The first kappa shape index (κ1) is 21.1. The van der Waals surface area contributed by atoms with E-state index in [1.54, 1.807) is 36.3 Å². The van der Waals surface area contributed by atoms with E-state index in [0.29, 0.717) is 19.6 Å². The number of rotatable bonds is 9. The fourth-order valence-corrected chi connectivity index (χ4v) is 1.64. The molecule has 0 unspecified atom stereocenters. The zero-order valence-corrected chi connectivity index (χ0v) is 13.3. The number of aliphatic hydroxyl groups is 3. The van der Waals surface area contributed by atoms with E-state index in [1.807, 2.05) is 0 Å². The number of carboxylic acid groups (broad SMARTS) is 1. The Morgan fingerprint density at radius 3 is 1.87 bits per heavy atom. The molecule has 4 N–H and O–H groups in total. The lowest BCUT2D eigenvalue weighted by Crippen LogP contribution is -2.32. The van der Waals surface area contributed by atoms with Crippen LogP contribution in [0.15, 0.2) is 30.3 Å². The van der Waals surface area contributed by atoms with Gasteiger partial charge in [-0.3, -0.25) is 4.90 Å². The van der Waals surface area contributed by atoms with Gasteiger partial charge in [-0.15, -0.1) is 0 Å². The first-order valence-electron chi connectivity index (χ1n) is 7.17. The van der Waals surface area contributed by atoms with Gasteiger partial charge in [-0.25, -0.2) is 4.79 Å². The Morgan fingerprint density at radius 1 is 1.04 bits per heavy atom. The Bertz CT molecular complexity index is 432. The van der Waals surface area contributed by atoms with Crippen LogP contribution < -0.4 is 4.74 Å². The van der Waals surface area contributed by atoms with Gasteiger partial charge in [-0.05, 0) is 23.8 Å². The lowest BCUT2D eigenvalue weighted by atomic mass is 10.2. The van der Waals surface area contributed by atoms with E-state index in [0.717, 1.165) is 17.4 Å². The van der Waals surface area contributed by atoms with Crippen LogP contribution in [0.2, 0.25) is 0 Å². The van der Waals surface area contributed by atoms with Gasteiger partial charge in [0.05, 0.1) is 26.9 Å². The second-order valence-electron chi connectivity index (χ2n) is 4.46. The fourth-order valence-electron chi connectivity index (χ4n) is 1.64. The van der Waals surface area contributed by atoms with Crippen molar-refractivity contribution in [3.8, 4) is 5.75 Å². The summed E-state index contributed by atoms with van der Waals surface area (Å²) < 4.78 is 4.95. The minimum atomic E-state index is -0.948. The van der Waals surface area contributed by atoms with Gasteiger partial charge in [0.1, 0.15) is 5.75 Å². The van der Waals surface area contributed by atoms with E-state index in [2.05, 4.69) is 0 Å². The van der Waals surface area contributed by atoms with Crippen LogP contribution in [-0.4, -0.2) is 77.9 Å². The Balaban J connectivity index is 0.000000438. The van der Waals surface area contributed by atoms with Crippen molar-refractivity contribution in [2.45, 2.75) is 0 Å². The summed E-state index contributed by atoms with van der Waals surface area (Å²) >= 11 is 0. The summed E-state index contributed by atoms with van der Waals surface area (Å²) in [5, 5.41) is 33.8. The summed E-state index contributed by atoms with van der Waals surface area (Å²) in [6.07, 6.45) is 2.63. The monoisotopic (exact) mass is 327 g/mol. The van der Waals surface area contributed by atoms with Gasteiger partial charge in [0.2, 0.25) is 0 Å². The lowest BCUT2D eigenvalue weighted by Gasteiger charge is -2.17. The molecule has 0 radical (unpaired) electrons. The highest BCUT2D eigenvalue weighted by Gasteiger charge is 2.00. The van der Waals surface area contributed by atoms with E-state index < -0.39 is 5.97 Å². The fraction of sp³-hybridized carbons (Fsp3) is 0.438. The van der Waals surface area contributed by atoms with E-state index in [4.69, 9.17) is 25.2 Å². The summed E-state index contributed by atoms with van der Waals surface area (Å²) in [4.78, 5) is 12.0. The minimum absolute atomic E-state index is 0.0694. The first-order valence-corrected chi connectivity index (χ1v) is 7.17. The average Bonchev–Trinajstić information content (AvgIpc) is 2.55. The number of benzene rings is 1. The highest BCUT2D eigenvalue weighted by atomic mass is 16.5. The van der Waals surface area contributed by atoms with Crippen LogP contribution in [0.4, 0.5) is 0 Å². The molecule has 0 fully saturated rings. The molecular formula is C16H25NO6. The average molecular weight is 327 g/mol. The SMILES string of the molecule is COc1ccc(C=CC(=O)O)cc1.OCCN(CCO)CCO. The molecule has 130 valence electrons. The maximum absolute atomic E-state index is 10.2. The number of hydrogen-bond donors (Lipinski definition) is 4. The van der Waals surface area contributed by atoms with Crippen LogP contribution in [0.25, 0.3) is 6.08 Å². The third-order valence-electron chi connectivity index (χ3n) is 2.78. The Morgan fingerprint density at radius 2 is 1.52 bits per heavy atom. The maximum Gasteiger partial charge on any atom is 0.328 e. The molecule has 0 saturated carbocycles. The highest BCUT2D eigenvalue weighted by molar-refractivity contribution is 5.85. The molecule has 1 rings (SSSR count). The molecular weight excluding hydrogens is 302 g/mol. The van der Waals surface area contributed by atoms with Crippen molar-refractivity contribution in [2.75, 3.05) is 46.6 Å². The number of aliphatic carboxylic acids is 1. The van der Waals surface area contributed by atoms with E-state index in [1.165, 1.54) is 6.08 Å². The maximum atomic E-state index is 10.2. The number of carboxylic acids is 1. The van der Waals surface area contributed by atoms with Crippen molar-refractivity contribution in [3.63, 3.8) is 0 Å². The van der Waals surface area contributed by atoms with Crippen LogP contribution in [0.3, 0.4) is 0 Å². The molecule has 1 aromatic rings. The molecule has 0 aliphatic rings. The second-order valence-corrected chi connectivity index (χ2v) is 4.46. The van der Waals surface area contributed by atoms with Crippen LogP contribution in [0, 0.1) is 0 Å². The number of ether oxygens (including phenoxy) is 1. The summed E-state index contributed by atoms with van der Waals surface area (Å²) in [5.74, 6) is -0.191. The number of nitrogens with zero attached hydrogens (tertiary/aromatic N) is 1. The van der Waals surface area contributed by atoms with Gasteiger partial charge < -0.3 is 25.2 Å². The predicted molar refractivity (Wildman–Crippen MR) is 87.4 cm³/mol. The third kappa shape index (κ3) is 11.3. The number of methoxy groups -OCH3 is 1. The number of aliphatic hydroxyl groups excluding tert-OH is 3. The van der Waals surface area contributed by atoms with Crippen molar-refractivity contribution in [3.05, 3.63) is 35.9 Å². The molecule has 0 aliphatic heterocycles. The van der Waals surface area contributed by atoms with E-state index >= 15 is 0 Å². The molecule has 0 bridgehead atoms. The zero-order valence-electron chi connectivity index (χ0n) is 13.3. The van der Waals surface area contributed by atoms with E-state index in [-0.39, 0.29) is 19.8 Å². The molecule has 7 heteroatoms.